The Morgan fingerprint density at radius 2 is 1.94 bits per heavy atom. The van der Waals surface area contributed by atoms with Gasteiger partial charge in [0.1, 0.15) is 17.6 Å². The Bertz CT molecular complexity index is 1430. The first-order valence-corrected chi connectivity index (χ1v) is 10.6. The molecule has 0 fully saturated rings. The Labute approximate surface area is 182 Å². The molecule has 0 bridgehead atoms. The van der Waals surface area contributed by atoms with Crippen molar-refractivity contribution in [3.05, 3.63) is 85.9 Å². The van der Waals surface area contributed by atoms with Crippen LogP contribution in [0.1, 0.15) is 23.9 Å². The van der Waals surface area contributed by atoms with Crippen LogP contribution in [0.5, 0.6) is 11.5 Å². The number of rotatable bonds is 4. The lowest BCUT2D eigenvalue weighted by atomic mass is 10.0. The van der Waals surface area contributed by atoms with E-state index in [9.17, 15) is 4.79 Å². The zero-order valence-corrected chi connectivity index (χ0v) is 17.8. The summed E-state index contributed by atoms with van der Waals surface area (Å²) in [5, 5.41) is 4.35. The molecule has 0 saturated heterocycles. The molecule has 2 aromatic heterocycles. The van der Waals surface area contributed by atoms with Gasteiger partial charge in [-0.3, -0.25) is 4.79 Å². The molecule has 2 aromatic carbocycles. The number of methoxy groups -OCH3 is 1. The molecule has 1 atom stereocenters. The molecule has 0 spiro atoms. The smallest absolute Gasteiger partial charge is 0.291 e. The Morgan fingerprint density at radius 1 is 1.13 bits per heavy atom. The first-order valence-electron chi connectivity index (χ1n) is 9.81. The number of para-hydroxylation sites is 1. The highest BCUT2D eigenvalue weighted by Gasteiger charge is 2.18. The molecule has 0 amide bonds. The number of nitrogens with zero attached hydrogens (tertiary/aromatic N) is 3. The summed E-state index contributed by atoms with van der Waals surface area (Å²) in [5.41, 5.74) is 2.77. The number of ether oxygens (including phenoxy) is 2. The van der Waals surface area contributed by atoms with Crippen LogP contribution in [0, 0.1) is 0 Å². The van der Waals surface area contributed by atoms with Crippen molar-refractivity contribution >= 4 is 40.6 Å². The van der Waals surface area contributed by atoms with Gasteiger partial charge in [0.05, 0.1) is 11.6 Å². The molecule has 1 unspecified atom stereocenters. The van der Waals surface area contributed by atoms with Crippen LogP contribution in [0.2, 0.25) is 0 Å². The van der Waals surface area contributed by atoms with Gasteiger partial charge in [-0.25, -0.2) is 0 Å². The summed E-state index contributed by atoms with van der Waals surface area (Å²) in [6.07, 6.45) is 7.49. The van der Waals surface area contributed by atoms with Gasteiger partial charge in [-0.1, -0.05) is 47.7 Å². The maximum atomic E-state index is 12.8. The predicted molar refractivity (Wildman–Crippen MR) is 123 cm³/mol. The van der Waals surface area contributed by atoms with Gasteiger partial charge in [-0.2, -0.15) is 9.50 Å². The topological polar surface area (TPSA) is 65.7 Å². The van der Waals surface area contributed by atoms with Gasteiger partial charge < -0.3 is 9.47 Å². The van der Waals surface area contributed by atoms with Crippen molar-refractivity contribution < 1.29 is 9.47 Å². The number of fused-ring (bicyclic) bond motifs is 2. The van der Waals surface area contributed by atoms with Gasteiger partial charge >= 0.3 is 0 Å². The quantitative estimate of drug-likeness (QED) is 0.495. The average molecular weight is 430 g/mol. The van der Waals surface area contributed by atoms with Crippen molar-refractivity contribution in [2.75, 3.05) is 7.11 Å². The van der Waals surface area contributed by atoms with Crippen molar-refractivity contribution in [2.24, 2.45) is 0 Å². The molecule has 0 radical (unpaired) electrons. The van der Waals surface area contributed by atoms with Gasteiger partial charge in [-0.05, 0) is 54.5 Å². The maximum absolute atomic E-state index is 12.8. The van der Waals surface area contributed by atoms with Gasteiger partial charge in [0.15, 0.2) is 5.82 Å². The molecule has 6 nitrogen and oxygen atoms in total. The molecular formula is C24H19N3O3S. The molecule has 154 valence electrons. The summed E-state index contributed by atoms with van der Waals surface area (Å²) in [5.74, 6) is 2.15. The van der Waals surface area contributed by atoms with E-state index in [0.717, 1.165) is 28.2 Å². The van der Waals surface area contributed by atoms with Crippen LogP contribution in [0.15, 0.2) is 58.9 Å². The minimum Gasteiger partial charge on any atom is -0.497 e. The van der Waals surface area contributed by atoms with E-state index in [2.05, 4.69) is 16.2 Å². The zero-order valence-electron chi connectivity index (χ0n) is 17.0. The molecular weight excluding hydrogens is 410 g/mol. The summed E-state index contributed by atoms with van der Waals surface area (Å²) in [6, 6.07) is 15.5. The monoisotopic (exact) mass is 429 g/mol. The summed E-state index contributed by atoms with van der Waals surface area (Å²) in [4.78, 5) is 17.9. The first kappa shape index (κ1) is 19.3. The Kier molecular flexibility index (Phi) is 4.88. The lowest BCUT2D eigenvalue weighted by Gasteiger charge is -2.22. The third kappa shape index (κ3) is 3.75. The minimum atomic E-state index is -0.177. The lowest BCUT2D eigenvalue weighted by molar-refractivity contribution is 0.259. The van der Waals surface area contributed by atoms with Crippen LogP contribution in [-0.4, -0.2) is 27.8 Å². The highest BCUT2D eigenvalue weighted by Crippen LogP contribution is 2.29. The van der Waals surface area contributed by atoms with E-state index < -0.39 is 0 Å². The number of hydrogen-bond donors (Lipinski definition) is 0. The SMILES string of the molecule is COc1ccc(C=Cc2nc3sc(=CC4=Cc5ccccc5OC4C)c(=O)n3n2)cc1. The molecule has 1 aliphatic rings. The van der Waals surface area contributed by atoms with Crippen molar-refractivity contribution in [1.29, 1.82) is 0 Å². The van der Waals surface area contributed by atoms with Gasteiger partial charge in [0.2, 0.25) is 4.96 Å². The first-order chi connectivity index (χ1) is 15.1. The van der Waals surface area contributed by atoms with E-state index in [1.165, 1.54) is 15.9 Å². The molecule has 1 aliphatic heterocycles. The fourth-order valence-electron chi connectivity index (χ4n) is 3.38. The van der Waals surface area contributed by atoms with Crippen molar-refractivity contribution in [1.82, 2.24) is 14.6 Å². The average Bonchev–Trinajstić information content (AvgIpc) is 3.32. The molecule has 0 aliphatic carbocycles. The van der Waals surface area contributed by atoms with E-state index in [1.807, 2.05) is 67.6 Å². The second-order valence-electron chi connectivity index (χ2n) is 7.13. The number of thiazole rings is 1. The van der Waals surface area contributed by atoms with E-state index in [-0.39, 0.29) is 11.7 Å². The largest absolute Gasteiger partial charge is 0.497 e. The zero-order chi connectivity index (χ0) is 21.4. The highest BCUT2D eigenvalue weighted by atomic mass is 32.1. The highest BCUT2D eigenvalue weighted by molar-refractivity contribution is 7.15. The van der Waals surface area contributed by atoms with Crippen LogP contribution >= 0.6 is 11.3 Å². The molecule has 5 rings (SSSR count). The summed E-state index contributed by atoms with van der Waals surface area (Å²) >= 11 is 1.32. The molecule has 0 saturated carbocycles. The van der Waals surface area contributed by atoms with E-state index in [1.54, 1.807) is 13.2 Å². The van der Waals surface area contributed by atoms with Crippen LogP contribution in [0.3, 0.4) is 0 Å². The van der Waals surface area contributed by atoms with E-state index in [4.69, 9.17) is 9.47 Å². The summed E-state index contributed by atoms with van der Waals surface area (Å²) in [6.45, 7) is 1.97. The van der Waals surface area contributed by atoms with Gasteiger partial charge in [-0.15, -0.1) is 5.10 Å². The standard InChI is InChI=1S/C24H19N3O3S/c1-15-18(13-17-5-3-4-6-20(17)30-15)14-21-23(28)27-24(31-21)25-22(26-27)12-9-16-7-10-19(29-2)11-8-16/h3-15H,1-2H3. The lowest BCUT2D eigenvalue weighted by Crippen LogP contribution is -2.26. The van der Waals surface area contributed by atoms with Crippen molar-refractivity contribution in [3.8, 4) is 11.5 Å². The van der Waals surface area contributed by atoms with Crippen molar-refractivity contribution in [3.63, 3.8) is 0 Å². The summed E-state index contributed by atoms with van der Waals surface area (Å²) < 4.78 is 13.1. The molecule has 0 N–H and O–H groups in total. The Balaban J connectivity index is 1.45. The van der Waals surface area contributed by atoms with Gasteiger partial charge in [0.25, 0.3) is 5.56 Å². The molecule has 31 heavy (non-hydrogen) atoms. The fraction of sp³-hybridized carbons (Fsp3) is 0.125. The second kappa shape index (κ2) is 7.85. The van der Waals surface area contributed by atoms with Crippen molar-refractivity contribution in [2.45, 2.75) is 13.0 Å². The third-order valence-electron chi connectivity index (χ3n) is 5.05. The molecule has 7 heteroatoms. The third-order valence-corrected chi connectivity index (χ3v) is 6.01. The number of aromatic nitrogens is 3. The minimum absolute atomic E-state index is 0.139. The van der Waals surface area contributed by atoms with E-state index in [0.29, 0.717) is 15.3 Å². The fourth-order valence-corrected chi connectivity index (χ4v) is 4.29. The van der Waals surface area contributed by atoms with Crippen LogP contribution in [0.4, 0.5) is 0 Å². The van der Waals surface area contributed by atoms with E-state index >= 15 is 0 Å². The normalized spacial score (nSPS) is 16.4. The van der Waals surface area contributed by atoms with Gasteiger partial charge in [0, 0.05) is 5.56 Å². The second-order valence-corrected chi connectivity index (χ2v) is 8.14. The van der Waals surface area contributed by atoms with Crippen LogP contribution < -0.4 is 19.6 Å². The predicted octanol–water partition coefficient (Wildman–Crippen LogP) is 3.69. The Morgan fingerprint density at radius 3 is 2.71 bits per heavy atom. The number of benzene rings is 2. The maximum Gasteiger partial charge on any atom is 0.291 e. The van der Waals surface area contributed by atoms with Crippen LogP contribution in [-0.2, 0) is 0 Å². The Hall–Kier alpha value is -3.71. The van der Waals surface area contributed by atoms with Crippen LogP contribution in [0.25, 0.3) is 29.3 Å². The molecule has 4 aromatic rings. The summed E-state index contributed by atoms with van der Waals surface area (Å²) in [7, 11) is 1.64. The number of hydrogen-bond acceptors (Lipinski definition) is 6. The molecule has 3 heterocycles.